The molecule has 2 aromatic rings. The van der Waals surface area contributed by atoms with Crippen molar-refractivity contribution in [2.75, 3.05) is 25.6 Å². The Morgan fingerprint density at radius 2 is 2.03 bits per heavy atom. The number of aliphatic carboxylic acids is 1. The number of carbonyl (C=O) groups is 4. The van der Waals surface area contributed by atoms with Crippen molar-refractivity contribution in [1.82, 2.24) is 4.90 Å². The SMILES string of the molecule is COc1cccc(/C=C2/SC(=O)N(CC(=O)Nc3ccc(F)c(Cl)c3)C2=O)c1OCC(=O)O. The number of imide groups is 1. The average molecular weight is 495 g/mol. The Bertz CT molecular complexity index is 1170. The number of nitrogens with zero attached hydrogens (tertiary/aromatic N) is 1. The van der Waals surface area contributed by atoms with Gasteiger partial charge >= 0.3 is 5.97 Å². The smallest absolute Gasteiger partial charge is 0.341 e. The van der Waals surface area contributed by atoms with E-state index >= 15 is 0 Å². The highest BCUT2D eigenvalue weighted by Gasteiger charge is 2.36. The van der Waals surface area contributed by atoms with E-state index in [1.165, 1.54) is 25.3 Å². The van der Waals surface area contributed by atoms with Crippen molar-refractivity contribution in [2.45, 2.75) is 0 Å². The largest absolute Gasteiger partial charge is 0.493 e. The van der Waals surface area contributed by atoms with Gasteiger partial charge in [0.05, 0.1) is 17.0 Å². The van der Waals surface area contributed by atoms with Crippen LogP contribution in [-0.2, 0) is 14.4 Å². The van der Waals surface area contributed by atoms with Gasteiger partial charge in [-0.05, 0) is 42.1 Å². The molecule has 0 aromatic heterocycles. The number of hydrogen-bond donors (Lipinski definition) is 2. The molecule has 0 radical (unpaired) electrons. The third-order valence-electron chi connectivity index (χ3n) is 4.23. The second kappa shape index (κ2) is 10.4. The van der Waals surface area contributed by atoms with Gasteiger partial charge < -0.3 is 19.9 Å². The molecule has 3 rings (SSSR count). The van der Waals surface area contributed by atoms with Crippen molar-refractivity contribution in [3.05, 3.63) is 57.7 Å². The summed E-state index contributed by atoms with van der Waals surface area (Å²) in [6.07, 6.45) is 1.35. The van der Waals surface area contributed by atoms with Crippen molar-refractivity contribution in [2.24, 2.45) is 0 Å². The zero-order valence-corrected chi connectivity index (χ0v) is 18.5. The van der Waals surface area contributed by atoms with Crippen LogP contribution in [0.4, 0.5) is 14.9 Å². The van der Waals surface area contributed by atoms with Gasteiger partial charge in [0.1, 0.15) is 12.4 Å². The van der Waals surface area contributed by atoms with Crippen molar-refractivity contribution in [3.63, 3.8) is 0 Å². The second-order valence-electron chi connectivity index (χ2n) is 6.51. The lowest BCUT2D eigenvalue weighted by atomic mass is 10.1. The molecule has 172 valence electrons. The number of halogens is 2. The van der Waals surface area contributed by atoms with Crippen LogP contribution >= 0.6 is 23.4 Å². The molecule has 3 amide bonds. The fourth-order valence-electron chi connectivity index (χ4n) is 2.79. The minimum atomic E-state index is -1.21. The summed E-state index contributed by atoms with van der Waals surface area (Å²) in [5, 5.41) is 10.5. The van der Waals surface area contributed by atoms with Crippen molar-refractivity contribution in [1.29, 1.82) is 0 Å². The third kappa shape index (κ3) is 5.82. The monoisotopic (exact) mass is 494 g/mol. The van der Waals surface area contributed by atoms with Crippen LogP contribution in [0, 0.1) is 5.82 Å². The van der Waals surface area contributed by atoms with E-state index in [1.807, 2.05) is 0 Å². The molecule has 2 aromatic carbocycles. The van der Waals surface area contributed by atoms with E-state index in [1.54, 1.807) is 18.2 Å². The van der Waals surface area contributed by atoms with Crippen LogP contribution in [0.5, 0.6) is 11.5 Å². The zero-order chi connectivity index (χ0) is 24.1. The minimum Gasteiger partial charge on any atom is -0.493 e. The summed E-state index contributed by atoms with van der Waals surface area (Å²) in [6, 6.07) is 8.26. The summed E-state index contributed by atoms with van der Waals surface area (Å²) >= 11 is 6.29. The number of carboxylic acid groups (broad SMARTS) is 1. The normalized spacial score (nSPS) is 14.5. The Labute approximate surface area is 196 Å². The summed E-state index contributed by atoms with van der Waals surface area (Å²) in [6.45, 7) is -1.21. The van der Waals surface area contributed by atoms with Crippen LogP contribution in [-0.4, -0.2) is 53.3 Å². The molecule has 2 N–H and O–H groups in total. The van der Waals surface area contributed by atoms with Crippen LogP contribution < -0.4 is 14.8 Å². The molecule has 33 heavy (non-hydrogen) atoms. The van der Waals surface area contributed by atoms with Gasteiger partial charge in [-0.2, -0.15) is 0 Å². The van der Waals surface area contributed by atoms with E-state index in [2.05, 4.69) is 5.32 Å². The highest BCUT2D eigenvalue weighted by Crippen LogP contribution is 2.37. The van der Waals surface area contributed by atoms with Gasteiger partial charge in [0, 0.05) is 11.3 Å². The number of anilines is 1. The van der Waals surface area contributed by atoms with Crippen LogP contribution in [0.15, 0.2) is 41.3 Å². The molecular weight excluding hydrogens is 479 g/mol. The lowest BCUT2D eigenvalue weighted by molar-refractivity contribution is -0.139. The van der Waals surface area contributed by atoms with E-state index in [-0.39, 0.29) is 27.1 Å². The number of benzene rings is 2. The molecule has 0 bridgehead atoms. The maximum atomic E-state index is 13.3. The van der Waals surface area contributed by atoms with Crippen LogP contribution in [0.2, 0.25) is 5.02 Å². The number of amides is 3. The molecule has 1 heterocycles. The maximum Gasteiger partial charge on any atom is 0.341 e. The first-order chi connectivity index (χ1) is 15.7. The fourth-order valence-corrected chi connectivity index (χ4v) is 3.80. The standard InChI is InChI=1S/C21H16ClFN2O7S/c1-31-15-4-2-3-11(19(15)32-10-18(27)28)7-16-20(29)25(21(30)33-16)9-17(26)24-12-5-6-14(23)13(22)8-12/h2-8H,9-10H2,1H3,(H,24,26)(H,27,28)/b16-7+. The summed E-state index contributed by atoms with van der Waals surface area (Å²) < 4.78 is 23.7. The van der Waals surface area contributed by atoms with Gasteiger partial charge in [-0.1, -0.05) is 23.7 Å². The summed E-state index contributed by atoms with van der Waals surface area (Å²) in [7, 11) is 1.37. The first-order valence-electron chi connectivity index (χ1n) is 9.21. The molecular formula is C21H16ClFN2O7S. The number of carboxylic acids is 1. The zero-order valence-electron chi connectivity index (χ0n) is 17.0. The first-order valence-corrected chi connectivity index (χ1v) is 10.4. The van der Waals surface area contributed by atoms with Gasteiger partial charge in [-0.3, -0.25) is 19.3 Å². The molecule has 9 nitrogen and oxygen atoms in total. The lowest BCUT2D eigenvalue weighted by Gasteiger charge is -2.13. The number of para-hydroxylation sites is 1. The van der Waals surface area contributed by atoms with Gasteiger partial charge in [-0.25, -0.2) is 9.18 Å². The predicted octanol–water partition coefficient (Wildman–Crippen LogP) is 3.63. The molecule has 0 aliphatic carbocycles. The highest BCUT2D eigenvalue weighted by atomic mass is 35.5. The van der Waals surface area contributed by atoms with Gasteiger partial charge in [0.15, 0.2) is 18.1 Å². The highest BCUT2D eigenvalue weighted by molar-refractivity contribution is 8.18. The molecule has 0 atom stereocenters. The second-order valence-corrected chi connectivity index (χ2v) is 7.91. The molecule has 1 fully saturated rings. The Hall–Kier alpha value is -3.57. The Balaban J connectivity index is 1.77. The van der Waals surface area contributed by atoms with Gasteiger partial charge in [0.25, 0.3) is 11.1 Å². The van der Waals surface area contributed by atoms with Crippen LogP contribution in [0.1, 0.15) is 5.56 Å². The molecule has 0 unspecified atom stereocenters. The van der Waals surface area contributed by atoms with Crippen molar-refractivity contribution >= 4 is 58.1 Å². The van der Waals surface area contributed by atoms with E-state index in [4.69, 9.17) is 26.2 Å². The number of nitrogens with one attached hydrogen (secondary N) is 1. The predicted molar refractivity (Wildman–Crippen MR) is 119 cm³/mol. The number of thioether (sulfide) groups is 1. The topological polar surface area (TPSA) is 122 Å². The third-order valence-corrected chi connectivity index (χ3v) is 5.43. The number of carbonyl (C=O) groups excluding carboxylic acids is 3. The van der Waals surface area contributed by atoms with Crippen molar-refractivity contribution < 1.29 is 38.1 Å². The van der Waals surface area contributed by atoms with Gasteiger partial charge in [-0.15, -0.1) is 0 Å². The first kappa shape index (κ1) is 24.1. The molecule has 1 aliphatic heterocycles. The lowest BCUT2D eigenvalue weighted by Crippen LogP contribution is -2.36. The molecule has 0 saturated carbocycles. The quantitative estimate of drug-likeness (QED) is 0.533. The number of ether oxygens (including phenoxy) is 2. The average Bonchev–Trinajstić information content (AvgIpc) is 3.02. The van der Waals surface area contributed by atoms with Gasteiger partial charge in [0.2, 0.25) is 5.91 Å². The summed E-state index contributed by atoms with van der Waals surface area (Å²) in [5.74, 6) is -2.95. The summed E-state index contributed by atoms with van der Waals surface area (Å²) in [4.78, 5) is 49.0. The number of methoxy groups -OCH3 is 1. The number of rotatable bonds is 8. The van der Waals surface area contributed by atoms with E-state index in [0.717, 1.165) is 11.0 Å². The van der Waals surface area contributed by atoms with E-state index in [0.29, 0.717) is 17.3 Å². The van der Waals surface area contributed by atoms with E-state index in [9.17, 15) is 23.6 Å². The molecule has 1 saturated heterocycles. The Morgan fingerprint density at radius 1 is 1.27 bits per heavy atom. The van der Waals surface area contributed by atoms with Crippen molar-refractivity contribution in [3.8, 4) is 11.5 Å². The van der Waals surface area contributed by atoms with E-state index < -0.39 is 42.0 Å². The molecule has 12 heteroatoms. The van der Waals surface area contributed by atoms with Crippen LogP contribution in [0.3, 0.4) is 0 Å². The molecule has 1 aliphatic rings. The molecule has 0 spiro atoms. The van der Waals surface area contributed by atoms with Crippen LogP contribution in [0.25, 0.3) is 6.08 Å². The maximum absolute atomic E-state index is 13.3. The Kier molecular flexibility index (Phi) is 7.56. The summed E-state index contributed by atoms with van der Waals surface area (Å²) in [5.41, 5.74) is 0.511. The minimum absolute atomic E-state index is 0.00561. The Morgan fingerprint density at radius 3 is 2.70 bits per heavy atom. The number of hydrogen-bond acceptors (Lipinski definition) is 7. The fraction of sp³-hybridized carbons (Fsp3) is 0.143.